The zero-order valence-corrected chi connectivity index (χ0v) is 19.7. The van der Waals surface area contributed by atoms with Gasteiger partial charge in [-0.2, -0.15) is 0 Å². The fourth-order valence-corrected chi connectivity index (χ4v) is 3.55. The van der Waals surface area contributed by atoms with Crippen molar-refractivity contribution in [3.05, 3.63) is 65.7 Å². The molecule has 4 N–H and O–H groups in total. The van der Waals surface area contributed by atoms with Gasteiger partial charge in [0.1, 0.15) is 6.29 Å². The van der Waals surface area contributed by atoms with Crippen LogP contribution in [-0.2, 0) is 16.0 Å². The van der Waals surface area contributed by atoms with Crippen LogP contribution < -0.4 is 11.1 Å². The fraction of sp³-hybridized carbons (Fsp3) is 0.444. The molecule has 0 aromatic heterocycles. The van der Waals surface area contributed by atoms with Crippen molar-refractivity contribution >= 4 is 23.9 Å². The molecule has 1 saturated carbocycles. The molecule has 2 aromatic carbocycles. The number of rotatable bonds is 8. The monoisotopic (exact) mass is 454 g/mol. The van der Waals surface area contributed by atoms with E-state index in [0.717, 1.165) is 44.2 Å². The lowest BCUT2D eigenvalue weighted by molar-refractivity contribution is -0.138. The quantitative estimate of drug-likeness (QED) is 0.458. The normalized spacial score (nSPS) is 12.9. The molecule has 0 bridgehead atoms. The van der Waals surface area contributed by atoms with Crippen LogP contribution in [0, 0.1) is 5.92 Å². The molecule has 6 nitrogen and oxygen atoms in total. The number of aldehydes is 1. The lowest BCUT2D eigenvalue weighted by atomic mass is 9.87. The lowest BCUT2D eigenvalue weighted by Crippen LogP contribution is -2.10. The number of amides is 1. The zero-order valence-electron chi connectivity index (χ0n) is 19.7. The van der Waals surface area contributed by atoms with E-state index in [1.54, 1.807) is 24.3 Å². The van der Waals surface area contributed by atoms with Crippen molar-refractivity contribution in [3.63, 3.8) is 0 Å². The van der Waals surface area contributed by atoms with E-state index >= 15 is 0 Å². The highest BCUT2D eigenvalue weighted by Crippen LogP contribution is 2.25. The molecule has 1 fully saturated rings. The number of nitrogens with one attached hydrogen (secondary N) is 1. The first kappa shape index (κ1) is 28.0. The van der Waals surface area contributed by atoms with E-state index in [0.29, 0.717) is 24.3 Å². The first-order valence-corrected chi connectivity index (χ1v) is 11.8. The maximum absolute atomic E-state index is 11.2. The molecule has 33 heavy (non-hydrogen) atoms. The molecule has 0 heterocycles. The number of hydrogen-bond acceptors (Lipinski definition) is 4. The largest absolute Gasteiger partial charge is 0.481 e. The third-order valence-electron chi connectivity index (χ3n) is 5.27. The predicted octanol–water partition coefficient (Wildman–Crippen LogP) is 5.47. The molecule has 2 aromatic rings. The summed E-state index contributed by atoms with van der Waals surface area (Å²) >= 11 is 0. The number of anilines is 1. The number of carboxylic acids is 1. The lowest BCUT2D eigenvalue weighted by Gasteiger charge is -2.18. The van der Waals surface area contributed by atoms with Crippen molar-refractivity contribution in [1.29, 1.82) is 0 Å². The third kappa shape index (κ3) is 13.9. The van der Waals surface area contributed by atoms with E-state index < -0.39 is 5.97 Å². The van der Waals surface area contributed by atoms with Gasteiger partial charge < -0.3 is 16.2 Å². The SMILES string of the molecule is CCCC(=O)Nc1ccc(C=O)cc1.NCCc1ccccc1.O=C(O)CC1CCCCC1. The van der Waals surface area contributed by atoms with E-state index in [4.69, 9.17) is 10.8 Å². The summed E-state index contributed by atoms with van der Waals surface area (Å²) in [6.07, 6.45) is 9.54. The summed E-state index contributed by atoms with van der Waals surface area (Å²) in [7, 11) is 0. The molecule has 0 atom stereocenters. The maximum Gasteiger partial charge on any atom is 0.303 e. The van der Waals surface area contributed by atoms with Crippen LogP contribution in [0.5, 0.6) is 0 Å². The molecule has 1 amide bonds. The van der Waals surface area contributed by atoms with Crippen LogP contribution in [0.15, 0.2) is 54.6 Å². The molecule has 6 heteroatoms. The number of carboxylic acid groups (broad SMARTS) is 1. The molecule has 180 valence electrons. The van der Waals surface area contributed by atoms with Crippen LogP contribution in [0.3, 0.4) is 0 Å². The van der Waals surface area contributed by atoms with Gasteiger partial charge in [-0.25, -0.2) is 0 Å². The van der Waals surface area contributed by atoms with Crippen LogP contribution in [0.1, 0.15) is 74.2 Å². The van der Waals surface area contributed by atoms with Crippen LogP contribution in [0.25, 0.3) is 0 Å². The minimum atomic E-state index is -0.632. The Labute approximate surface area is 197 Å². The topological polar surface area (TPSA) is 109 Å². The molecule has 0 radical (unpaired) electrons. The van der Waals surface area contributed by atoms with Gasteiger partial charge in [0, 0.05) is 24.1 Å². The molecular weight excluding hydrogens is 416 g/mol. The van der Waals surface area contributed by atoms with Crippen LogP contribution in [0.4, 0.5) is 5.69 Å². The Bertz CT molecular complexity index is 801. The Hall–Kier alpha value is -2.99. The molecule has 0 unspecified atom stereocenters. The van der Waals surface area contributed by atoms with Crippen LogP contribution in [-0.4, -0.2) is 29.8 Å². The molecule has 0 aliphatic heterocycles. The first-order chi connectivity index (χ1) is 16.0. The molecule has 1 aliphatic rings. The Balaban J connectivity index is 0.000000255. The van der Waals surface area contributed by atoms with Gasteiger partial charge in [-0.3, -0.25) is 14.4 Å². The van der Waals surface area contributed by atoms with Gasteiger partial charge in [0.05, 0.1) is 0 Å². The standard InChI is InChI=1S/C11H13NO2.C8H11N.C8H14O2/c1-2-3-11(14)12-10-6-4-9(8-13)5-7-10;9-7-6-8-4-2-1-3-5-8;9-8(10)6-7-4-2-1-3-5-7/h4-8H,2-3H2,1H3,(H,12,14);1-5H,6-7,9H2;7H,1-6H2,(H,9,10). The van der Waals surface area contributed by atoms with E-state index in [1.807, 2.05) is 25.1 Å². The highest BCUT2D eigenvalue weighted by molar-refractivity contribution is 5.91. The van der Waals surface area contributed by atoms with Crippen LogP contribution >= 0.6 is 0 Å². The van der Waals surface area contributed by atoms with Gasteiger partial charge in [-0.15, -0.1) is 0 Å². The molecule has 0 spiro atoms. The van der Waals surface area contributed by atoms with Crippen molar-refractivity contribution in [2.75, 3.05) is 11.9 Å². The minimum Gasteiger partial charge on any atom is -0.481 e. The van der Waals surface area contributed by atoms with Gasteiger partial charge in [0.2, 0.25) is 5.91 Å². The van der Waals surface area contributed by atoms with Gasteiger partial charge in [0.15, 0.2) is 0 Å². The Morgan fingerprint density at radius 1 is 1.03 bits per heavy atom. The summed E-state index contributed by atoms with van der Waals surface area (Å²) in [5.41, 5.74) is 8.02. The number of aliphatic carboxylic acids is 1. The van der Waals surface area contributed by atoms with Crippen molar-refractivity contribution in [3.8, 4) is 0 Å². The summed E-state index contributed by atoms with van der Waals surface area (Å²) < 4.78 is 0. The predicted molar refractivity (Wildman–Crippen MR) is 133 cm³/mol. The number of benzene rings is 2. The van der Waals surface area contributed by atoms with E-state index in [-0.39, 0.29) is 5.91 Å². The number of nitrogens with two attached hydrogens (primary N) is 1. The number of carbonyl (C=O) groups excluding carboxylic acids is 2. The Morgan fingerprint density at radius 2 is 1.67 bits per heavy atom. The van der Waals surface area contributed by atoms with Gasteiger partial charge in [0.25, 0.3) is 0 Å². The van der Waals surface area contributed by atoms with Crippen molar-refractivity contribution < 1.29 is 19.5 Å². The van der Waals surface area contributed by atoms with E-state index in [9.17, 15) is 14.4 Å². The second-order valence-electron chi connectivity index (χ2n) is 8.16. The van der Waals surface area contributed by atoms with Crippen LogP contribution in [0.2, 0.25) is 0 Å². The van der Waals surface area contributed by atoms with Crippen molar-refractivity contribution in [2.24, 2.45) is 11.7 Å². The zero-order chi connectivity index (χ0) is 24.3. The summed E-state index contributed by atoms with van der Waals surface area (Å²) in [5.74, 6) is -0.149. The fourth-order valence-electron chi connectivity index (χ4n) is 3.55. The number of hydrogen-bond donors (Lipinski definition) is 3. The highest BCUT2D eigenvalue weighted by Gasteiger charge is 2.15. The average molecular weight is 455 g/mol. The molecule has 0 saturated heterocycles. The average Bonchev–Trinajstić information content (AvgIpc) is 2.82. The highest BCUT2D eigenvalue weighted by atomic mass is 16.4. The van der Waals surface area contributed by atoms with Gasteiger partial charge in [-0.05, 0) is 68.0 Å². The van der Waals surface area contributed by atoms with Crippen molar-refractivity contribution in [1.82, 2.24) is 0 Å². The second kappa shape index (κ2) is 17.6. The first-order valence-electron chi connectivity index (χ1n) is 11.8. The molecule has 1 aliphatic carbocycles. The molecule has 3 rings (SSSR count). The molecular formula is C27H38N2O4. The Morgan fingerprint density at radius 3 is 2.18 bits per heavy atom. The summed E-state index contributed by atoms with van der Waals surface area (Å²) in [5, 5.41) is 11.2. The summed E-state index contributed by atoms with van der Waals surface area (Å²) in [4.78, 5) is 31.8. The number of carbonyl (C=O) groups is 3. The van der Waals surface area contributed by atoms with Gasteiger partial charge in [-0.1, -0.05) is 56.5 Å². The van der Waals surface area contributed by atoms with E-state index in [2.05, 4.69) is 17.4 Å². The van der Waals surface area contributed by atoms with Gasteiger partial charge >= 0.3 is 5.97 Å². The summed E-state index contributed by atoms with van der Waals surface area (Å²) in [6.45, 7) is 2.69. The minimum absolute atomic E-state index is 0.00588. The maximum atomic E-state index is 11.2. The van der Waals surface area contributed by atoms with Crippen molar-refractivity contribution in [2.45, 2.75) is 64.7 Å². The second-order valence-corrected chi connectivity index (χ2v) is 8.16. The van der Waals surface area contributed by atoms with E-state index in [1.165, 1.54) is 24.8 Å². The smallest absolute Gasteiger partial charge is 0.303 e. The third-order valence-corrected chi connectivity index (χ3v) is 5.27. The summed E-state index contributed by atoms with van der Waals surface area (Å²) in [6, 6.07) is 17.0. The Kier molecular flexibility index (Phi) is 14.9.